The molecule has 1 unspecified atom stereocenters. The zero-order valence-electron chi connectivity index (χ0n) is 19.3. The highest BCUT2D eigenvalue weighted by Crippen LogP contribution is 2.33. The zero-order valence-corrected chi connectivity index (χ0v) is 19.3. The van der Waals surface area contributed by atoms with Crippen LogP contribution in [0.15, 0.2) is 48.5 Å². The molecule has 1 aliphatic heterocycles. The van der Waals surface area contributed by atoms with Gasteiger partial charge in [0.1, 0.15) is 11.8 Å². The van der Waals surface area contributed by atoms with Gasteiger partial charge in [-0.3, -0.25) is 14.8 Å². The lowest BCUT2D eigenvalue weighted by molar-refractivity contribution is -0.119. The smallest absolute Gasteiger partial charge is 0.249 e. The summed E-state index contributed by atoms with van der Waals surface area (Å²) in [4.78, 5) is 23.6. The maximum Gasteiger partial charge on any atom is 0.249 e. The fourth-order valence-corrected chi connectivity index (χ4v) is 3.09. The van der Waals surface area contributed by atoms with Gasteiger partial charge in [0.05, 0.1) is 25.1 Å². The number of methoxy groups -OCH3 is 1. The van der Waals surface area contributed by atoms with E-state index in [2.05, 4.69) is 17.1 Å². The van der Waals surface area contributed by atoms with Gasteiger partial charge in [0.15, 0.2) is 0 Å². The SMILES string of the molecule is CC.CCCCOCC1C(=O)Nc2ccccc2N1Cc1ccc(OC)cc1.O=CNO. The molecule has 0 fully saturated rings. The highest BCUT2D eigenvalue weighted by Gasteiger charge is 2.32. The van der Waals surface area contributed by atoms with Crippen LogP contribution < -0.4 is 20.4 Å². The van der Waals surface area contributed by atoms with Crippen molar-refractivity contribution < 1.29 is 24.3 Å². The number of carbonyl (C=O) groups is 2. The minimum absolute atomic E-state index is 0.0197. The van der Waals surface area contributed by atoms with E-state index in [9.17, 15) is 4.79 Å². The third kappa shape index (κ3) is 8.20. The highest BCUT2D eigenvalue weighted by atomic mass is 16.5. The van der Waals surface area contributed by atoms with Crippen LogP contribution in [0.3, 0.4) is 0 Å². The van der Waals surface area contributed by atoms with E-state index in [0.29, 0.717) is 19.8 Å². The number of amides is 2. The lowest BCUT2D eigenvalue weighted by atomic mass is 10.1. The number of rotatable bonds is 9. The van der Waals surface area contributed by atoms with E-state index in [1.807, 2.05) is 62.4 Å². The lowest BCUT2D eigenvalue weighted by Crippen LogP contribution is -2.50. The summed E-state index contributed by atoms with van der Waals surface area (Å²) in [6.07, 6.45) is 2.26. The van der Waals surface area contributed by atoms with E-state index in [1.165, 1.54) is 5.48 Å². The van der Waals surface area contributed by atoms with Crippen LogP contribution in [0, 0.1) is 0 Å². The van der Waals surface area contributed by atoms with Gasteiger partial charge in [-0.1, -0.05) is 51.5 Å². The largest absolute Gasteiger partial charge is 0.497 e. The van der Waals surface area contributed by atoms with Crippen LogP contribution in [0.4, 0.5) is 11.4 Å². The number of carbonyl (C=O) groups excluding carboxylic acids is 2. The summed E-state index contributed by atoms with van der Waals surface area (Å²) in [5.74, 6) is 0.804. The molecule has 0 spiro atoms. The number of hydrogen-bond donors (Lipinski definition) is 3. The minimum atomic E-state index is -0.344. The van der Waals surface area contributed by atoms with E-state index in [1.54, 1.807) is 7.11 Å². The van der Waals surface area contributed by atoms with Gasteiger partial charge < -0.3 is 19.7 Å². The number of hydroxylamine groups is 1. The van der Waals surface area contributed by atoms with Crippen molar-refractivity contribution >= 4 is 23.7 Å². The van der Waals surface area contributed by atoms with Crippen molar-refractivity contribution in [3.05, 3.63) is 54.1 Å². The number of fused-ring (bicyclic) bond motifs is 1. The molecule has 2 amide bonds. The Bertz CT molecular complexity index is 798. The zero-order chi connectivity index (χ0) is 23.8. The van der Waals surface area contributed by atoms with Gasteiger partial charge in [-0.2, -0.15) is 0 Å². The van der Waals surface area contributed by atoms with Gasteiger partial charge in [0, 0.05) is 13.2 Å². The van der Waals surface area contributed by atoms with Crippen molar-refractivity contribution in [2.24, 2.45) is 0 Å². The van der Waals surface area contributed by atoms with Gasteiger partial charge >= 0.3 is 0 Å². The van der Waals surface area contributed by atoms with Gasteiger partial charge in [-0.25, -0.2) is 5.48 Å². The Labute approximate surface area is 190 Å². The third-order valence-corrected chi connectivity index (χ3v) is 4.63. The highest BCUT2D eigenvalue weighted by molar-refractivity contribution is 6.03. The molecule has 0 bridgehead atoms. The first-order chi connectivity index (χ1) is 15.6. The average molecular weight is 446 g/mol. The molecule has 0 saturated carbocycles. The molecular weight excluding hydrogens is 410 g/mol. The fourth-order valence-electron chi connectivity index (χ4n) is 3.09. The molecule has 1 heterocycles. The van der Waals surface area contributed by atoms with Crippen LogP contribution >= 0.6 is 0 Å². The van der Waals surface area contributed by atoms with E-state index in [0.717, 1.165) is 35.5 Å². The molecule has 3 N–H and O–H groups in total. The molecule has 8 heteroatoms. The third-order valence-electron chi connectivity index (χ3n) is 4.63. The summed E-state index contributed by atoms with van der Waals surface area (Å²) in [5, 5.41) is 10.3. The maximum absolute atomic E-state index is 12.7. The Kier molecular flexibility index (Phi) is 13.2. The van der Waals surface area contributed by atoms with E-state index in [4.69, 9.17) is 19.5 Å². The molecule has 2 aromatic rings. The Morgan fingerprint density at radius 2 is 1.81 bits per heavy atom. The molecular formula is C24H35N3O5. The standard InChI is InChI=1S/C21H26N2O3.C2H6.CH3NO2/c1-3-4-13-26-15-20-21(24)22-18-7-5-6-8-19(18)23(20)14-16-9-11-17(25-2)12-10-16;1-2;3-1-2-4/h5-12,20H,3-4,13-15H2,1-2H3,(H,22,24);1-2H3;1,4H,(H,2,3). The van der Waals surface area contributed by atoms with Crippen molar-refractivity contribution in [2.75, 3.05) is 30.5 Å². The van der Waals surface area contributed by atoms with Crippen LogP contribution in [0.25, 0.3) is 0 Å². The van der Waals surface area contributed by atoms with Crippen LogP contribution in [-0.4, -0.2) is 43.9 Å². The quantitative estimate of drug-likeness (QED) is 0.234. The van der Waals surface area contributed by atoms with E-state index in [-0.39, 0.29) is 18.4 Å². The molecule has 32 heavy (non-hydrogen) atoms. The second-order valence-electron chi connectivity index (χ2n) is 6.67. The summed E-state index contributed by atoms with van der Waals surface area (Å²) in [6, 6.07) is 15.5. The molecule has 8 nitrogen and oxygen atoms in total. The first kappa shape index (κ1) is 26.9. The van der Waals surface area contributed by atoms with Gasteiger partial charge in [-0.05, 0) is 36.2 Å². The molecule has 2 aromatic carbocycles. The van der Waals surface area contributed by atoms with Crippen molar-refractivity contribution in [1.82, 2.24) is 5.48 Å². The molecule has 3 rings (SSSR count). The van der Waals surface area contributed by atoms with Gasteiger partial charge in [0.2, 0.25) is 12.3 Å². The second kappa shape index (κ2) is 15.7. The second-order valence-corrected chi connectivity index (χ2v) is 6.67. The summed E-state index contributed by atoms with van der Waals surface area (Å²) >= 11 is 0. The predicted molar refractivity (Wildman–Crippen MR) is 126 cm³/mol. The van der Waals surface area contributed by atoms with E-state index >= 15 is 0 Å². The van der Waals surface area contributed by atoms with Crippen LogP contribution in [0.2, 0.25) is 0 Å². The van der Waals surface area contributed by atoms with Crippen molar-refractivity contribution in [3.63, 3.8) is 0 Å². The number of nitrogens with zero attached hydrogens (tertiary/aromatic N) is 1. The van der Waals surface area contributed by atoms with E-state index < -0.39 is 0 Å². The number of para-hydroxylation sites is 2. The van der Waals surface area contributed by atoms with Crippen molar-refractivity contribution in [2.45, 2.75) is 46.2 Å². The number of hydrogen-bond acceptors (Lipinski definition) is 6. The van der Waals surface area contributed by atoms with Crippen LogP contribution in [0.1, 0.15) is 39.2 Å². The molecule has 1 atom stereocenters. The van der Waals surface area contributed by atoms with Crippen molar-refractivity contribution in [1.29, 1.82) is 0 Å². The van der Waals surface area contributed by atoms with Gasteiger partial charge in [-0.15, -0.1) is 0 Å². The summed E-state index contributed by atoms with van der Waals surface area (Å²) < 4.78 is 11.0. The number of ether oxygens (including phenoxy) is 2. The fraction of sp³-hybridized carbons (Fsp3) is 0.417. The van der Waals surface area contributed by atoms with Crippen LogP contribution in [-0.2, 0) is 20.9 Å². The molecule has 176 valence electrons. The first-order valence-electron chi connectivity index (χ1n) is 10.8. The molecule has 0 saturated heterocycles. The Morgan fingerprint density at radius 3 is 2.41 bits per heavy atom. The number of unbranched alkanes of at least 4 members (excludes halogenated alkanes) is 1. The first-order valence-corrected chi connectivity index (χ1v) is 10.8. The number of anilines is 2. The monoisotopic (exact) mass is 445 g/mol. The Balaban J connectivity index is 0.000000769. The Morgan fingerprint density at radius 1 is 1.16 bits per heavy atom. The Hall–Kier alpha value is -3.10. The molecule has 0 aliphatic carbocycles. The lowest BCUT2D eigenvalue weighted by Gasteiger charge is -2.38. The molecule has 0 radical (unpaired) electrons. The minimum Gasteiger partial charge on any atom is -0.497 e. The molecule has 1 aliphatic rings. The summed E-state index contributed by atoms with van der Waals surface area (Å²) in [7, 11) is 1.66. The van der Waals surface area contributed by atoms with Crippen molar-refractivity contribution in [3.8, 4) is 5.75 Å². The predicted octanol–water partition coefficient (Wildman–Crippen LogP) is 3.99. The van der Waals surface area contributed by atoms with Crippen LogP contribution in [0.5, 0.6) is 5.75 Å². The average Bonchev–Trinajstić information content (AvgIpc) is 2.85. The summed E-state index contributed by atoms with van der Waals surface area (Å²) in [6.45, 7) is 7.83. The topological polar surface area (TPSA) is 100 Å². The summed E-state index contributed by atoms with van der Waals surface area (Å²) in [5.41, 5.74) is 4.23. The van der Waals surface area contributed by atoms with Gasteiger partial charge in [0.25, 0.3) is 0 Å². The molecule has 0 aromatic heterocycles. The normalized spacial score (nSPS) is 14.0. The number of nitrogens with one attached hydrogen (secondary N) is 2. The number of benzene rings is 2. The maximum atomic E-state index is 12.7.